The molecule has 1 aromatic rings. The molecule has 1 aromatic carbocycles. The highest BCUT2D eigenvalue weighted by Crippen LogP contribution is 2.36. The van der Waals surface area contributed by atoms with Gasteiger partial charge in [-0.1, -0.05) is 19.1 Å². The van der Waals surface area contributed by atoms with Crippen molar-refractivity contribution in [3.05, 3.63) is 29.8 Å². The van der Waals surface area contributed by atoms with Crippen molar-refractivity contribution in [3.8, 4) is 0 Å². The van der Waals surface area contributed by atoms with Gasteiger partial charge in [0.25, 0.3) is 5.91 Å². The Morgan fingerprint density at radius 3 is 2.38 bits per heavy atom. The molecule has 1 spiro atoms. The van der Waals surface area contributed by atoms with Crippen LogP contribution in [0.15, 0.2) is 24.3 Å². The zero-order valence-corrected chi connectivity index (χ0v) is 17.9. The molecule has 158 valence electrons. The summed E-state index contributed by atoms with van der Waals surface area (Å²) < 4.78 is 0. The van der Waals surface area contributed by atoms with Crippen molar-refractivity contribution in [1.29, 1.82) is 0 Å². The van der Waals surface area contributed by atoms with Crippen molar-refractivity contribution in [2.45, 2.75) is 64.0 Å². The summed E-state index contributed by atoms with van der Waals surface area (Å²) >= 11 is 0. The average molecular weight is 400 g/mol. The molecule has 29 heavy (non-hydrogen) atoms. The molecule has 3 aliphatic rings. The fourth-order valence-electron chi connectivity index (χ4n) is 5.06. The SMILES string of the molecule is CC1CCC2(CC1)NC(=O)N(C[NH+](C)Cc1ccc(N3CCCCC3)cc1)C2=O. The number of rotatable bonds is 5. The van der Waals surface area contributed by atoms with E-state index in [0.29, 0.717) is 12.6 Å². The smallest absolute Gasteiger partial charge is 0.329 e. The second kappa shape index (κ2) is 8.34. The van der Waals surface area contributed by atoms with E-state index < -0.39 is 5.54 Å². The first kappa shape index (κ1) is 20.2. The summed E-state index contributed by atoms with van der Waals surface area (Å²) in [4.78, 5) is 30.6. The molecule has 1 aliphatic carbocycles. The normalized spacial score (nSPS) is 28.7. The van der Waals surface area contributed by atoms with Crippen molar-refractivity contribution in [2.24, 2.45) is 5.92 Å². The van der Waals surface area contributed by atoms with Crippen molar-refractivity contribution in [1.82, 2.24) is 10.2 Å². The van der Waals surface area contributed by atoms with E-state index in [0.717, 1.165) is 50.2 Å². The van der Waals surface area contributed by atoms with E-state index in [1.807, 2.05) is 7.05 Å². The summed E-state index contributed by atoms with van der Waals surface area (Å²) in [5.41, 5.74) is 1.89. The number of benzene rings is 1. The van der Waals surface area contributed by atoms with Gasteiger partial charge in [0.15, 0.2) is 6.67 Å². The second-order valence-electron chi connectivity index (χ2n) is 9.43. The lowest BCUT2D eigenvalue weighted by molar-refractivity contribution is -0.901. The molecular formula is C23H35N4O2+. The molecular weight excluding hydrogens is 364 g/mol. The fourth-order valence-corrected chi connectivity index (χ4v) is 5.06. The van der Waals surface area contributed by atoms with E-state index in [2.05, 4.69) is 41.4 Å². The number of amides is 3. The quantitative estimate of drug-likeness (QED) is 0.746. The van der Waals surface area contributed by atoms with Gasteiger partial charge in [0.05, 0.1) is 7.05 Å². The van der Waals surface area contributed by atoms with E-state index in [4.69, 9.17) is 0 Å². The number of hydrogen-bond acceptors (Lipinski definition) is 3. The van der Waals surface area contributed by atoms with Gasteiger partial charge >= 0.3 is 6.03 Å². The lowest BCUT2D eigenvalue weighted by atomic mass is 9.77. The second-order valence-corrected chi connectivity index (χ2v) is 9.43. The number of hydrogen-bond donors (Lipinski definition) is 2. The first-order chi connectivity index (χ1) is 14.0. The number of quaternary nitrogens is 1. The van der Waals surface area contributed by atoms with E-state index in [9.17, 15) is 9.59 Å². The molecule has 2 saturated heterocycles. The third kappa shape index (κ3) is 4.27. The molecule has 1 unspecified atom stereocenters. The maximum Gasteiger partial charge on any atom is 0.329 e. The molecule has 1 atom stereocenters. The van der Waals surface area contributed by atoms with E-state index in [1.54, 1.807) is 0 Å². The van der Waals surface area contributed by atoms with Gasteiger partial charge in [-0.25, -0.2) is 9.69 Å². The minimum absolute atomic E-state index is 0.0193. The Hall–Kier alpha value is -2.08. The molecule has 4 rings (SSSR count). The van der Waals surface area contributed by atoms with Crippen molar-refractivity contribution >= 4 is 17.6 Å². The minimum Gasteiger partial charge on any atom is -0.372 e. The predicted molar refractivity (Wildman–Crippen MR) is 114 cm³/mol. The average Bonchev–Trinajstić information content (AvgIpc) is 2.96. The summed E-state index contributed by atoms with van der Waals surface area (Å²) in [5.74, 6) is 0.620. The zero-order chi connectivity index (χ0) is 20.4. The standard InChI is InChI=1S/C23H34N4O2/c1-18-10-12-23(13-11-18)21(28)27(22(29)24-23)17-25(2)16-19-6-8-20(9-7-19)26-14-4-3-5-15-26/h6-9,18H,3-5,10-17H2,1-2H3,(H,24,29)/p+1. The van der Waals surface area contributed by atoms with Crippen LogP contribution >= 0.6 is 0 Å². The minimum atomic E-state index is -0.639. The molecule has 0 aromatic heterocycles. The van der Waals surface area contributed by atoms with Crippen LogP contribution in [-0.2, 0) is 11.3 Å². The highest BCUT2D eigenvalue weighted by atomic mass is 16.2. The van der Waals surface area contributed by atoms with Gasteiger partial charge in [-0.15, -0.1) is 0 Å². The van der Waals surface area contributed by atoms with Gasteiger partial charge in [0.1, 0.15) is 12.1 Å². The Kier molecular flexibility index (Phi) is 5.81. The molecule has 6 heteroatoms. The highest BCUT2D eigenvalue weighted by molar-refractivity contribution is 6.06. The van der Waals surface area contributed by atoms with Crippen molar-refractivity contribution < 1.29 is 14.5 Å². The Morgan fingerprint density at radius 2 is 1.72 bits per heavy atom. The van der Waals surface area contributed by atoms with Crippen LogP contribution in [0.2, 0.25) is 0 Å². The fraction of sp³-hybridized carbons (Fsp3) is 0.652. The molecule has 0 bridgehead atoms. The van der Waals surface area contributed by atoms with Crippen LogP contribution in [0, 0.1) is 5.92 Å². The number of nitrogens with one attached hydrogen (secondary N) is 2. The Morgan fingerprint density at radius 1 is 1.07 bits per heavy atom. The number of anilines is 1. The summed E-state index contributed by atoms with van der Waals surface area (Å²) in [5, 5.41) is 3.02. The number of carbonyl (C=O) groups excluding carboxylic acids is 2. The summed E-state index contributed by atoms with van der Waals surface area (Å²) in [6.45, 7) is 5.73. The van der Waals surface area contributed by atoms with Gasteiger partial charge in [-0.05, 0) is 63.0 Å². The molecule has 3 fully saturated rings. The summed E-state index contributed by atoms with van der Waals surface area (Å²) in [6, 6.07) is 8.57. The molecule has 0 radical (unpaired) electrons. The Labute approximate surface area is 174 Å². The van der Waals surface area contributed by atoms with Crippen LogP contribution in [0.25, 0.3) is 0 Å². The molecule has 2 heterocycles. The lowest BCUT2D eigenvalue weighted by Gasteiger charge is -2.33. The maximum atomic E-state index is 13.0. The molecule has 2 aliphatic heterocycles. The number of carbonyl (C=O) groups is 2. The number of urea groups is 1. The monoisotopic (exact) mass is 399 g/mol. The van der Waals surface area contributed by atoms with Gasteiger partial charge in [-0.3, -0.25) is 4.79 Å². The van der Waals surface area contributed by atoms with E-state index in [-0.39, 0.29) is 11.9 Å². The largest absolute Gasteiger partial charge is 0.372 e. The van der Waals surface area contributed by atoms with Crippen molar-refractivity contribution in [2.75, 3.05) is 31.7 Å². The maximum absolute atomic E-state index is 13.0. The van der Waals surface area contributed by atoms with Crippen LogP contribution < -0.4 is 15.1 Å². The van der Waals surface area contributed by atoms with E-state index >= 15 is 0 Å². The van der Waals surface area contributed by atoms with Crippen LogP contribution in [0.3, 0.4) is 0 Å². The van der Waals surface area contributed by atoms with Gasteiger partial charge in [0.2, 0.25) is 0 Å². The number of imide groups is 1. The lowest BCUT2D eigenvalue weighted by Crippen LogP contribution is -3.09. The number of nitrogens with zero attached hydrogens (tertiary/aromatic N) is 2. The first-order valence-corrected chi connectivity index (χ1v) is 11.3. The predicted octanol–water partition coefficient (Wildman–Crippen LogP) is 2.15. The first-order valence-electron chi connectivity index (χ1n) is 11.3. The molecule has 2 N–H and O–H groups in total. The van der Waals surface area contributed by atoms with Crippen LogP contribution in [-0.4, -0.2) is 49.2 Å². The van der Waals surface area contributed by atoms with Crippen molar-refractivity contribution in [3.63, 3.8) is 0 Å². The van der Waals surface area contributed by atoms with Gasteiger partial charge < -0.3 is 15.1 Å². The van der Waals surface area contributed by atoms with Gasteiger partial charge in [0, 0.05) is 24.3 Å². The topological polar surface area (TPSA) is 57.1 Å². The zero-order valence-electron chi connectivity index (χ0n) is 17.9. The molecule has 6 nitrogen and oxygen atoms in total. The summed E-state index contributed by atoms with van der Waals surface area (Å²) in [7, 11) is 2.05. The Balaban J connectivity index is 1.34. The van der Waals surface area contributed by atoms with Crippen LogP contribution in [0.5, 0.6) is 0 Å². The Bertz CT molecular complexity index is 734. The molecule has 3 amide bonds. The highest BCUT2D eigenvalue weighted by Gasteiger charge is 2.52. The third-order valence-corrected chi connectivity index (χ3v) is 6.97. The van der Waals surface area contributed by atoms with Crippen LogP contribution in [0.4, 0.5) is 10.5 Å². The van der Waals surface area contributed by atoms with Crippen LogP contribution in [0.1, 0.15) is 57.4 Å². The summed E-state index contributed by atoms with van der Waals surface area (Å²) in [6.07, 6.45) is 7.45. The third-order valence-electron chi connectivity index (χ3n) is 6.97. The molecule has 1 saturated carbocycles. The number of piperidine rings is 1. The van der Waals surface area contributed by atoms with Gasteiger partial charge in [-0.2, -0.15) is 0 Å². The van der Waals surface area contributed by atoms with E-state index in [1.165, 1.54) is 35.4 Å².